The molecular weight excluding hydrogens is 188 g/mol. The summed E-state index contributed by atoms with van der Waals surface area (Å²) in [6.07, 6.45) is 4.20. The Morgan fingerprint density at radius 2 is 1.60 bits per heavy atom. The Bertz CT molecular complexity index is 168. The number of carbonyl (C=O) groups is 1. The minimum atomic E-state index is 0.108. The van der Waals surface area contributed by atoms with E-state index in [0.29, 0.717) is 6.54 Å². The summed E-state index contributed by atoms with van der Waals surface area (Å²) in [6, 6.07) is 0. The van der Waals surface area contributed by atoms with Crippen molar-refractivity contribution in [2.75, 3.05) is 13.1 Å². The molecule has 0 radical (unpaired) electrons. The summed E-state index contributed by atoms with van der Waals surface area (Å²) in [7, 11) is 0. The molecule has 0 aromatic carbocycles. The van der Waals surface area contributed by atoms with Gasteiger partial charge in [-0.2, -0.15) is 0 Å². The van der Waals surface area contributed by atoms with E-state index in [1.807, 2.05) is 0 Å². The second-order valence-electron chi connectivity index (χ2n) is 4.04. The average molecular weight is 214 g/mol. The summed E-state index contributed by atoms with van der Waals surface area (Å²) in [5, 5.41) is 6.25. The van der Waals surface area contributed by atoms with Gasteiger partial charge in [-0.05, 0) is 25.7 Å². The number of nitrogens with one attached hydrogen (secondary N) is 2. The molecule has 0 spiro atoms. The fourth-order valence-corrected chi connectivity index (χ4v) is 1.72. The Labute approximate surface area is 94.0 Å². The lowest BCUT2D eigenvalue weighted by Crippen LogP contribution is -2.48. The monoisotopic (exact) mass is 214 g/mol. The molecule has 0 unspecified atom stereocenters. The van der Waals surface area contributed by atoms with Crippen molar-refractivity contribution in [3.05, 3.63) is 0 Å². The predicted molar refractivity (Wildman–Crippen MR) is 64.9 cm³/mol. The maximum absolute atomic E-state index is 11.4. The maximum atomic E-state index is 11.4. The van der Waals surface area contributed by atoms with Crippen molar-refractivity contribution in [3.63, 3.8) is 0 Å². The van der Waals surface area contributed by atoms with Gasteiger partial charge in [0.25, 0.3) is 0 Å². The zero-order valence-corrected chi connectivity index (χ0v) is 10.7. The van der Waals surface area contributed by atoms with Gasteiger partial charge in [0, 0.05) is 12.1 Å². The van der Waals surface area contributed by atoms with Crippen LogP contribution in [0.15, 0.2) is 0 Å². The fourth-order valence-electron chi connectivity index (χ4n) is 1.72. The molecule has 2 N–H and O–H groups in total. The van der Waals surface area contributed by atoms with Gasteiger partial charge in [0.15, 0.2) is 0 Å². The van der Waals surface area contributed by atoms with Crippen LogP contribution in [0.2, 0.25) is 0 Å². The highest BCUT2D eigenvalue weighted by Gasteiger charge is 2.23. The topological polar surface area (TPSA) is 41.1 Å². The van der Waals surface area contributed by atoms with Gasteiger partial charge in [-0.25, -0.2) is 0 Å². The SMILES string of the molecule is CCCNC(=O)CNC(CC)(CC)CC. The second kappa shape index (κ2) is 7.69. The van der Waals surface area contributed by atoms with Gasteiger partial charge >= 0.3 is 0 Å². The van der Waals surface area contributed by atoms with E-state index in [0.717, 1.165) is 32.2 Å². The van der Waals surface area contributed by atoms with Crippen molar-refractivity contribution >= 4 is 5.91 Å². The van der Waals surface area contributed by atoms with Gasteiger partial charge < -0.3 is 10.6 Å². The molecule has 3 heteroatoms. The summed E-state index contributed by atoms with van der Waals surface area (Å²) in [5.41, 5.74) is 0.142. The van der Waals surface area contributed by atoms with E-state index < -0.39 is 0 Å². The molecule has 0 fully saturated rings. The minimum absolute atomic E-state index is 0.108. The highest BCUT2D eigenvalue weighted by molar-refractivity contribution is 5.78. The molecule has 0 bridgehead atoms. The third kappa shape index (κ3) is 5.17. The standard InChI is InChI=1S/C12H26N2O/c1-5-9-13-11(15)10-14-12(6-2,7-3)8-4/h14H,5-10H2,1-4H3,(H,13,15). The van der Waals surface area contributed by atoms with E-state index >= 15 is 0 Å². The van der Waals surface area contributed by atoms with Gasteiger partial charge in [-0.15, -0.1) is 0 Å². The first kappa shape index (κ1) is 14.4. The molecule has 0 atom stereocenters. The minimum Gasteiger partial charge on any atom is -0.355 e. The molecule has 0 aliphatic heterocycles. The van der Waals surface area contributed by atoms with E-state index in [1.54, 1.807) is 0 Å². The van der Waals surface area contributed by atoms with Crippen LogP contribution in [0.25, 0.3) is 0 Å². The molecule has 3 nitrogen and oxygen atoms in total. The van der Waals surface area contributed by atoms with Crippen molar-refractivity contribution in [2.24, 2.45) is 0 Å². The number of hydrogen-bond donors (Lipinski definition) is 2. The molecule has 0 aromatic rings. The fraction of sp³-hybridized carbons (Fsp3) is 0.917. The lowest BCUT2D eigenvalue weighted by molar-refractivity contribution is -0.120. The molecule has 0 saturated heterocycles. The average Bonchev–Trinajstić information content (AvgIpc) is 2.29. The first-order valence-electron chi connectivity index (χ1n) is 6.15. The Morgan fingerprint density at radius 3 is 2.00 bits per heavy atom. The van der Waals surface area contributed by atoms with Crippen LogP contribution in [-0.4, -0.2) is 24.5 Å². The van der Waals surface area contributed by atoms with Gasteiger partial charge in [-0.1, -0.05) is 27.7 Å². The number of rotatable bonds is 8. The van der Waals surface area contributed by atoms with Crippen LogP contribution >= 0.6 is 0 Å². The predicted octanol–water partition coefficient (Wildman–Crippen LogP) is 2.07. The molecule has 15 heavy (non-hydrogen) atoms. The van der Waals surface area contributed by atoms with Gasteiger partial charge in [0.05, 0.1) is 6.54 Å². The normalized spacial score (nSPS) is 11.5. The molecule has 0 aliphatic rings. The van der Waals surface area contributed by atoms with Crippen molar-refractivity contribution in [1.82, 2.24) is 10.6 Å². The Balaban J connectivity index is 3.93. The third-order valence-electron chi connectivity index (χ3n) is 3.23. The largest absolute Gasteiger partial charge is 0.355 e. The first-order valence-corrected chi connectivity index (χ1v) is 6.15. The van der Waals surface area contributed by atoms with Crippen LogP contribution in [0.5, 0.6) is 0 Å². The van der Waals surface area contributed by atoms with Crippen LogP contribution in [0.4, 0.5) is 0 Å². The molecule has 0 rings (SSSR count). The molecule has 0 aliphatic carbocycles. The van der Waals surface area contributed by atoms with Crippen LogP contribution in [0, 0.1) is 0 Å². The Kier molecular flexibility index (Phi) is 7.39. The second-order valence-corrected chi connectivity index (χ2v) is 4.04. The van der Waals surface area contributed by atoms with E-state index in [4.69, 9.17) is 0 Å². The van der Waals surface area contributed by atoms with Crippen molar-refractivity contribution in [3.8, 4) is 0 Å². The van der Waals surface area contributed by atoms with Crippen LogP contribution in [0.3, 0.4) is 0 Å². The summed E-state index contributed by atoms with van der Waals surface area (Å²) in [4.78, 5) is 11.4. The van der Waals surface area contributed by atoms with Crippen LogP contribution in [-0.2, 0) is 4.79 Å². The highest BCUT2D eigenvalue weighted by atomic mass is 16.1. The van der Waals surface area contributed by atoms with E-state index in [1.165, 1.54) is 0 Å². The van der Waals surface area contributed by atoms with Gasteiger partial charge in [0.1, 0.15) is 0 Å². The molecule has 90 valence electrons. The number of hydrogen-bond acceptors (Lipinski definition) is 2. The molecule has 1 amide bonds. The summed E-state index contributed by atoms with van der Waals surface area (Å²) in [6.45, 7) is 9.79. The van der Waals surface area contributed by atoms with Crippen LogP contribution in [0.1, 0.15) is 53.4 Å². The first-order chi connectivity index (χ1) is 7.14. The van der Waals surface area contributed by atoms with E-state index in [2.05, 4.69) is 38.3 Å². The van der Waals surface area contributed by atoms with Crippen molar-refractivity contribution < 1.29 is 4.79 Å². The maximum Gasteiger partial charge on any atom is 0.233 e. The Hall–Kier alpha value is -0.570. The quantitative estimate of drug-likeness (QED) is 0.649. The zero-order chi connectivity index (χ0) is 11.7. The lowest BCUT2D eigenvalue weighted by Gasteiger charge is -2.31. The van der Waals surface area contributed by atoms with Crippen molar-refractivity contribution in [2.45, 2.75) is 58.9 Å². The molecule has 0 saturated carbocycles. The molecule has 0 aromatic heterocycles. The number of amides is 1. The van der Waals surface area contributed by atoms with Crippen LogP contribution < -0.4 is 10.6 Å². The summed E-state index contributed by atoms with van der Waals surface area (Å²) in [5.74, 6) is 0.108. The van der Waals surface area contributed by atoms with Gasteiger partial charge in [0.2, 0.25) is 5.91 Å². The third-order valence-corrected chi connectivity index (χ3v) is 3.23. The highest BCUT2D eigenvalue weighted by Crippen LogP contribution is 2.18. The lowest BCUT2D eigenvalue weighted by atomic mass is 9.90. The number of carbonyl (C=O) groups excluding carboxylic acids is 1. The summed E-state index contributed by atoms with van der Waals surface area (Å²) < 4.78 is 0. The smallest absolute Gasteiger partial charge is 0.233 e. The molecule has 0 heterocycles. The molecular formula is C12H26N2O. The zero-order valence-electron chi connectivity index (χ0n) is 10.7. The van der Waals surface area contributed by atoms with E-state index in [9.17, 15) is 4.79 Å². The van der Waals surface area contributed by atoms with Gasteiger partial charge in [-0.3, -0.25) is 4.79 Å². The van der Waals surface area contributed by atoms with Crippen molar-refractivity contribution in [1.29, 1.82) is 0 Å². The Morgan fingerprint density at radius 1 is 1.07 bits per heavy atom. The summed E-state index contributed by atoms with van der Waals surface area (Å²) >= 11 is 0. The van der Waals surface area contributed by atoms with E-state index in [-0.39, 0.29) is 11.4 Å².